The van der Waals surface area contributed by atoms with Crippen LogP contribution in [0, 0.1) is 0 Å². The quantitative estimate of drug-likeness (QED) is 0.300. The van der Waals surface area contributed by atoms with E-state index in [4.69, 9.17) is 14.5 Å². The van der Waals surface area contributed by atoms with Crippen LogP contribution >= 0.6 is 24.0 Å². The van der Waals surface area contributed by atoms with Gasteiger partial charge in [-0.25, -0.2) is 4.99 Å². The van der Waals surface area contributed by atoms with Gasteiger partial charge < -0.3 is 19.7 Å². The largest absolute Gasteiger partial charge is 0.493 e. The van der Waals surface area contributed by atoms with Crippen molar-refractivity contribution in [2.45, 2.75) is 26.4 Å². The maximum atomic E-state index is 5.49. The minimum absolute atomic E-state index is 0. The Morgan fingerprint density at radius 2 is 1.84 bits per heavy atom. The summed E-state index contributed by atoms with van der Waals surface area (Å²) >= 11 is 0. The molecule has 6 nitrogen and oxygen atoms in total. The minimum Gasteiger partial charge on any atom is -0.493 e. The van der Waals surface area contributed by atoms with E-state index in [-0.39, 0.29) is 24.0 Å². The number of halogens is 1. The van der Waals surface area contributed by atoms with Crippen LogP contribution in [0.3, 0.4) is 0 Å². The molecule has 0 saturated heterocycles. The maximum absolute atomic E-state index is 5.49. The Hall–Kier alpha value is -2.55. The number of benzene rings is 2. The van der Waals surface area contributed by atoms with Gasteiger partial charge in [0.15, 0.2) is 17.5 Å². The fourth-order valence-corrected chi connectivity index (χ4v) is 3.95. The monoisotopic (exact) mass is 532 g/mol. The molecule has 0 aliphatic carbocycles. The predicted octanol–water partition coefficient (Wildman–Crippen LogP) is 4.39. The number of aromatic nitrogens is 1. The summed E-state index contributed by atoms with van der Waals surface area (Å²) in [4.78, 5) is 11.8. The summed E-state index contributed by atoms with van der Waals surface area (Å²) in [5.41, 5.74) is 3.54. The fraction of sp³-hybridized carbons (Fsp3) is 0.333. The van der Waals surface area contributed by atoms with Crippen molar-refractivity contribution >= 4 is 40.7 Å². The van der Waals surface area contributed by atoms with E-state index >= 15 is 0 Å². The number of rotatable bonds is 5. The zero-order chi connectivity index (χ0) is 20.9. The molecule has 2 heterocycles. The molecule has 0 atom stereocenters. The minimum atomic E-state index is 0. The van der Waals surface area contributed by atoms with Gasteiger partial charge in [0.25, 0.3) is 0 Å². The first-order chi connectivity index (χ1) is 14.7. The van der Waals surface area contributed by atoms with Gasteiger partial charge >= 0.3 is 0 Å². The van der Waals surface area contributed by atoms with Crippen LogP contribution in [-0.4, -0.2) is 43.2 Å². The number of fused-ring (bicyclic) bond motifs is 2. The lowest BCUT2D eigenvalue weighted by molar-refractivity contribution is 0.346. The molecule has 1 aliphatic heterocycles. The van der Waals surface area contributed by atoms with Gasteiger partial charge in [-0.2, -0.15) is 0 Å². The second-order valence-electron chi connectivity index (χ2n) is 7.30. The van der Waals surface area contributed by atoms with E-state index in [9.17, 15) is 0 Å². The average Bonchev–Trinajstić information content (AvgIpc) is 2.80. The number of hydrogen-bond acceptors (Lipinski definition) is 4. The summed E-state index contributed by atoms with van der Waals surface area (Å²) in [5, 5.41) is 5.79. The molecule has 1 N–H and O–H groups in total. The van der Waals surface area contributed by atoms with Crippen LogP contribution < -0.4 is 14.8 Å². The number of methoxy groups -OCH3 is 2. The molecule has 4 rings (SSSR count). The lowest BCUT2D eigenvalue weighted by Crippen LogP contribution is -2.44. The Kier molecular flexibility index (Phi) is 7.95. The second-order valence-corrected chi connectivity index (χ2v) is 7.30. The van der Waals surface area contributed by atoms with Crippen LogP contribution in [0.4, 0.5) is 0 Å². The van der Waals surface area contributed by atoms with Crippen molar-refractivity contribution in [1.82, 2.24) is 15.2 Å². The van der Waals surface area contributed by atoms with Crippen molar-refractivity contribution in [3.8, 4) is 11.5 Å². The Labute approximate surface area is 200 Å². The zero-order valence-corrected chi connectivity index (χ0v) is 20.6. The molecule has 1 aliphatic rings. The van der Waals surface area contributed by atoms with E-state index in [1.807, 2.05) is 24.4 Å². The van der Waals surface area contributed by atoms with Crippen LogP contribution in [0.15, 0.2) is 53.7 Å². The standard InChI is InChI=1S/C24H28N4O2.HI/c1-4-25-24(27-15-21-20-8-6-5-7-17(20)9-11-26-21)28-12-10-18-13-22(29-2)23(30-3)14-19(18)16-28;/h5-9,11,13-14H,4,10,12,15-16H2,1-3H3,(H,25,27);1H. The Morgan fingerprint density at radius 3 is 2.58 bits per heavy atom. The van der Waals surface area contributed by atoms with Gasteiger partial charge in [0.2, 0.25) is 0 Å². The van der Waals surface area contributed by atoms with Gasteiger partial charge in [-0.15, -0.1) is 24.0 Å². The van der Waals surface area contributed by atoms with E-state index in [1.165, 1.54) is 16.5 Å². The van der Waals surface area contributed by atoms with Crippen molar-refractivity contribution in [2.75, 3.05) is 27.3 Å². The van der Waals surface area contributed by atoms with E-state index in [0.717, 1.165) is 54.6 Å². The third-order valence-corrected chi connectivity index (χ3v) is 5.49. The van der Waals surface area contributed by atoms with Crippen LogP contribution in [0.25, 0.3) is 10.8 Å². The van der Waals surface area contributed by atoms with Gasteiger partial charge in [-0.1, -0.05) is 24.3 Å². The molecule has 0 radical (unpaired) electrons. The third kappa shape index (κ3) is 5.03. The van der Waals surface area contributed by atoms with Gasteiger partial charge in [0.1, 0.15) is 0 Å². The molecule has 0 spiro atoms. The van der Waals surface area contributed by atoms with E-state index < -0.39 is 0 Å². The summed E-state index contributed by atoms with van der Waals surface area (Å²) in [6.07, 6.45) is 2.80. The van der Waals surface area contributed by atoms with Crippen molar-refractivity contribution < 1.29 is 9.47 Å². The average molecular weight is 532 g/mol. The number of pyridine rings is 1. The Balaban J connectivity index is 0.00000272. The molecule has 3 aromatic rings. The number of hydrogen-bond donors (Lipinski definition) is 1. The van der Waals surface area contributed by atoms with Crippen molar-refractivity contribution in [3.63, 3.8) is 0 Å². The lowest BCUT2D eigenvalue weighted by atomic mass is 9.99. The van der Waals surface area contributed by atoms with Gasteiger partial charge in [0.05, 0.1) is 26.5 Å². The molecule has 31 heavy (non-hydrogen) atoms. The van der Waals surface area contributed by atoms with Crippen LogP contribution in [0.1, 0.15) is 23.7 Å². The van der Waals surface area contributed by atoms with Crippen LogP contribution in [0.5, 0.6) is 11.5 Å². The second kappa shape index (κ2) is 10.7. The molecule has 2 aromatic carbocycles. The molecule has 7 heteroatoms. The first kappa shape index (κ1) is 23.1. The predicted molar refractivity (Wildman–Crippen MR) is 136 cm³/mol. The van der Waals surface area contributed by atoms with Gasteiger partial charge in [-0.05, 0) is 48.1 Å². The molecular formula is C24H29IN4O2. The van der Waals surface area contributed by atoms with Gasteiger partial charge in [-0.3, -0.25) is 4.98 Å². The fourth-order valence-electron chi connectivity index (χ4n) is 3.95. The number of aliphatic imine (C=N–C) groups is 1. The molecule has 164 valence electrons. The third-order valence-electron chi connectivity index (χ3n) is 5.49. The summed E-state index contributed by atoms with van der Waals surface area (Å²) in [6, 6.07) is 14.5. The highest BCUT2D eigenvalue weighted by atomic mass is 127. The molecule has 0 saturated carbocycles. The highest BCUT2D eigenvalue weighted by molar-refractivity contribution is 14.0. The van der Waals surface area contributed by atoms with Crippen molar-refractivity contribution in [3.05, 3.63) is 65.5 Å². The number of nitrogens with one attached hydrogen (secondary N) is 1. The SMILES string of the molecule is CCNC(=NCc1nccc2ccccc12)N1CCc2cc(OC)c(OC)cc2C1.I. The summed E-state index contributed by atoms with van der Waals surface area (Å²) < 4.78 is 11.0. The summed E-state index contributed by atoms with van der Waals surface area (Å²) in [7, 11) is 3.35. The first-order valence-corrected chi connectivity index (χ1v) is 10.3. The molecule has 0 unspecified atom stereocenters. The maximum Gasteiger partial charge on any atom is 0.194 e. The van der Waals surface area contributed by atoms with E-state index in [0.29, 0.717) is 6.54 Å². The zero-order valence-electron chi connectivity index (χ0n) is 18.2. The number of nitrogens with zero attached hydrogens (tertiary/aromatic N) is 3. The molecule has 0 amide bonds. The molecular weight excluding hydrogens is 503 g/mol. The first-order valence-electron chi connectivity index (χ1n) is 10.3. The van der Waals surface area contributed by atoms with Gasteiger partial charge in [0, 0.05) is 31.2 Å². The lowest BCUT2D eigenvalue weighted by Gasteiger charge is -2.32. The molecule has 0 fully saturated rings. The summed E-state index contributed by atoms with van der Waals surface area (Å²) in [5.74, 6) is 2.46. The van der Waals surface area contributed by atoms with Crippen LogP contribution in [-0.2, 0) is 19.5 Å². The van der Waals surface area contributed by atoms with E-state index in [1.54, 1.807) is 14.2 Å². The Morgan fingerprint density at radius 1 is 1.10 bits per heavy atom. The highest BCUT2D eigenvalue weighted by Gasteiger charge is 2.21. The topological polar surface area (TPSA) is 59.0 Å². The van der Waals surface area contributed by atoms with E-state index in [2.05, 4.69) is 46.4 Å². The molecule has 0 bridgehead atoms. The normalized spacial score (nSPS) is 13.4. The number of guanidine groups is 1. The smallest absolute Gasteiger partial charge is 0.194 e. The summed E-state index contributed by atoms with van der Waals surface area (Å²) in [6.45, 7) is 5.13. The van der Waals surface area contributed by atoms with Crippen LogP contribution in [0.2, 0.25) is 0 Å². The Bertz CT molecular complexity index is 1070. The van der Waals surface area contributed by atoms with Crippen molar-refractivity contribution in [2.24, 2.45) is 4.99 Å². The highest BCUT2D eigenvalue weighted by Crippen LogP contribution is 2.33. The number of ether oxygens (including phenoxy) is 2. The van der Waals surface area contributed by atoms with Crippen molar-refractivity contribution in [1.29, 1.82) is 0 Å². The molecule has 1 aromatic heterocycles.